The van der Waals surface area contributed by atoms with Crippen molar-refractivity contribution in [2.24, 2.45) is 0 Å². The maximum Gasteiger partial charge on any atom is 0.222 e. The Labute approximate surface area is 211 Å². The first-order valence-corrected chi connectivity index (χ1v) is 12.7. The predicted molar refractivity (Wildman–Crippen MR) is 139 cm³/mol. The van der Waals surface area contributed by atoms with Crippen molar-refractivity contribution in [1.29, 1.82) is 0 Å². The van der Waals surface area contributed by atoms with Crippen molar-refractivity contribution in [1.82, 2.24) is 9.27 Å². The van der Waals surface area contributed by atoms with Gasteiger partial charge in [-0.1, -0.05) is 42.8 Å². The van der Waals surface area contributed by atoms with Crippen molar-refractivity contribution in [3.63, 3.8) is 0 Å². The molecule has 1 aliphatic heterocycles. The molecule has 0 aliphatic carbocycles. The number of aromatic hydroxyl groups is 1. The van der Waals surface area contributed by atoms with E-state index in [-0.39, 0.29) is 40.4 Å². The molecule has 1 aromatic heterocycles. The third-order valence-electron chi connectivity index (χ3n) is 6.62. The molecule has 1 amide bonds. The van der Waals surface area contributed by atoms with E-state index in [1.807, 2.05) is 36.1 Å². The third kappa shape index (κ3) is 4.20. The molecule has 1 atom stereocenters. The van der Waals surface area contributed by atoms with Gasteiger partial charge >= 0.3 is 0 Å². The van der Waals surface area contributed by atoms with Crippen molar-refractivity contribution in [2.45, 2.75) is 25.8 Å². The monoisotopic (exact) mass is 513 g/mol. The second-order valence-corrected chi connectivity index (χ2v) is 9.86. The summed E-state index contributed by atoms with van der Waals surface area (Å²) < 4.78 is 20.4. The van der Waals surface area contributed by atoms with Crippen molar-refractivity contribution in [3.05, 3.63) is 53.3 Å². The molecule has 5 rings (SSSR count). The fourth-order valence-corrected chi connectivity index (χ4v) is 6.17. The molecule has 6 nitrogen and oxygen atoms in total. The van der Waals surface area contributed by atoms with Crippen LogP contribution in [0, 0.1) is 5.82 Å². The minimum atomic E-state index is -0.538. The van der Waals surface area contributed by atoms with Crippen molar-refractivity contribution in [3.8, 4) is 16.9 Å². The lowest BCUT2D eigenvalue weighted by Crippen LogP contribution is -2.55. The Balaban J connectivity index is 1.60. The Kier molecular flexibility index (Phi) is 6.53. The number of halogens is 2. The van der Waals surface area contributed by atoms with Crippen LogP contribution in [0.25, 0.3) is 32.8 Å². The van der Waals surface area contributed by atoms with Crippen LogP contribution in [-0.4, -0.2) is 57.7 Å². The maximum absolute atomic E-state index is 16.0. The summed E-state index contributed by atoms with van der Waals surface area (Å²) in [6.07, 6.45) is 0.916. The number of hydrogen-bond acceptors (Lipinski definition) is 6. The average Bonchev–Trinajstić information content (AvgIpc) is 3.27. The second kappa shape index (κ2) is 9.60. The topological polar surface area (TPSA) is 76.9 Å². The van der Waals surface area contributed by atoms with Gasteiger partial charge in [0.15, 0.2) is 5.82 Å². The van der Waals surface area contributed by atoms with E-state index < -0.39 is 5.82 Å². The fourth-order valence-electron chi connectivity index (χ4n) is 4.92. The van der Waals surface area contributed by atoms with Gasteiger partial charge in [-0.2, -0.15) is 4.37 Å². The molecule has 0 bridgehead atoms. The highest BCUT2D eigenvalue weighted by atomic mass is 35.5. The highest BCUT2D eigenvalue weighted by molar-refractivity contribution is 7.11. The predicted octanol–water partition coefficient (Wildman–Crippen LogP) is 5.42. The number of hydrogen-bond donors (Lipinski definition) is 2. The summed E-state index contributed by atoms with van der Waals surface area (Å²) in [7, 11) is 0. The molecule has 0 saturated carbocycles. The smallest absolute Gasteiger partial charge is 0.222 e. The number of fused-ring (bicyclic) bond motifs is 2. The number of amides is 1. The fraction of sp³-hybridized carbons (Fsp3) is 0.308. The summed E-state index contributed by atoms with van der Waals surface area (Å²) in [5.74, 6) is -0.428. The quantitative estimate of drug-likeness (QED) is 0.372. The van der Waals surface area contributed by atoms with Crippen LogP contribution in [0.1, 0.15) is 19.8 Å². The minimum absolute atomic E-state index is 0.0180. The SMILES string of the molecule is CCC(=O)N1CCN(c2snc3c(F)c(-c4cc(O)cc5ccccc45)c(Cl)cc23)[C@H](CCO)C1. The highest BCUT2D eigenvalue weighted by Gasteiger charge is 2.32. The number of benzene rings is 3. The third-order valence-corrected chi connectivity index (χ3v) is 7.82. The number of nitrogens with zero attached hydrogens (tertiary/aromatic N) is 3. The molecule has 1 fully saturated rings. The zero-order valence-electron chi connectivity index (χ0n) is 19.2. The summed E-state index contributed by atoms with van der Waals surface area (Å²) in [4.78, 5) is 16.2. The first-order chi connectivity index (χ1) is 16.9. The number of carbonyl (C=O) groups excluding carboxylic acids is 1. The molecule has 2 heterocycles. The standard InChI is InChI=1S/C26H25ClFN3O3S/c1-2-22(34)30-8-9-31(16(14-30)7-10-32)26-20-13-21(27)23(24(28)25(20)29-35-26)19-12-17(33)11-15-5-3-4-6-18(15)19/h3-6,11-13,16,32-33H,2,7-10,14H2,1H3/t16-/m1/s1. The number of phenolic OH excluding ortho intramolecular Hbond substituents is 1. The zero-order chi connectivity index (χ0) is 24.7. The Morgan fingerprint density at radius 3 is 2.80 bits per heavy atom. The summed E-state index contributed by atoms with van der Waals surface area (Å²) in [6.45, 7) is 3.43. The normalized spacial score (nSPS) is 16.4. The van der Waals surface area contributed by atoms with E-state index in [9.17, 15) is 15.0 Å². The lowest BCUT2D eigenvalue weighted by atomic mass is 9.96. The van der Waals surface area contributed by atoms with Crippen LogP contribution in [0.15, 0.2) is 42.5 Å². The van der Waals surface area contributed by atoms with E-state index in [1.165, 1.54) is 17.6 Å². The number of aliphatic hydroxyl groups excluding tert-OH is 1. The van der Waals surface area contributed by atoms with E-state index in [0.29, 0.717) is 43.4 Å². The first-order valence-electron chi connectivity index (χ1n) is 11.6. The second-order valence-electron chi connectivity index (χ2n) is 8.70. The number of piperazine rings is 1. The van der Waals surface area contributed by atoms with Crippen LogP contribution in [-0.2, 0) is 4.79 Å². The number of aliphatic hydroxyl groups is 1. The molecule has 35 heavy (non-hydrogen) atoms. The van der Waals surface area contributed by atoms with Crippen LogP contribution < -0.4 is 4.90 Å². The maximum atomic E-state index is 16.0. The molecule has 1 aliphatic rings. The Morgan fingerprint density at radius 1 is 1.23 bits per heavy atom. The van der Waals surface area contributed by atoms with E-state index in [0.717, 1.165) is 15.8 Å². The summed E-state index contributed by atoms with van der Waals surface area (Å²) in [6, 6.07) is 12.2. The largest absolute Gasteiger partial charge is 0.508 e. The van der Waals surface area contributed by atoms with Crippen LogP contribution >= 0.6 is 23.1 Å². The molecule has 9 heteroatoms. The van der Waals surface area contributed by atoms with Gasteiger partial charge in [0.05, 0.1) is 5.02 Å². The molecule has 0 spiro atoms. The van der Waals surface area contributed by atoms with Crippen LogP contribution in [0.5, 0.6) is 5.75 Å². The van der Waals surface area contributed by atoms with Crippen LogP contribution in [0.2, 0.25) is 5.02 Å². The molecular weight excluding hydrogens is 489 g/mol. The molecule has 0 radical (unpaired) electrons. The van der Waals surface area contributed by atoms with Gasteiger partial charge in [-0.05, 0) is 52.5 Å². The molecular formula is C26H25ClFN3O3S. The number of rotatable bonds is 5. The van der Waals surface area contributed by atoms with Gasteiger partial charge in [-0.25, -0.2) is 4.39 Å². The first kappa shape index (κ1) is 23.8. The Hall–Kier alpha value is -2.94. The number of phenols is 1. The van der Waals surface area contributed by atoms with Gasteiger partial charge in [-0.15, -0.1) is 0 Å². The van der Waals surface area contributed by atoms with E-state index >= 15 is 4.39 Å². The lowest BCUT2D eigenvalue weighted by molar-refractivity contribution is -0.131. The Bertz CT molecular complexity index is 1430. The number of aromatic nitrogens is 1. The van der Waals surface area contributed by atoms with Crippen molar-refractivity contribution < 1.29 is 19.4 Å². The summed E-state index contributed by atoms with van der Waals surface area (Å²) in [5.41, 5.74) is 0.921. The van der Waals surface area contributed by atoms with Gasteiger partial charge in [0.1, 0.15) is 16.3 Å². The summed E-state index contributed by atoms with van der Waals surface area (Å²) in [5, 5.41) is 23.1. The van der Waals surface area contributed by atoms with Gasteiger partial charge in [0.25, 0.3) is 0 Å². The van der Waals surface area contributed by atoms with Gasteiger partial charge in [-0.3, -0.25) is 4.79 Å². The lowest BCUT2D eigenvalue weighted by Gasteiger charge is -2.42. The van der Waals surface area contributed by atoms with Crippen molar-refractivity contribution >= 4 is 55.7 Å². The van der Waals surface area contributed by atoms with Crippen molar-refractivity contribution in [2.75, 3.05) is 31.1 Å². The van der Waals surface area contributed by atoms with Gasteiger partial charge in [0.2, 0.25) is 5.91 Å². The molecule has 4 aromatic rings. The summed E-state index contributed by atoms with van der Waals surface area (Å²) >= 11 is 7.88. The molecule has 182 valence electrons. The molecule has 3 aromatic carbocycles. The van der Waals surface area contributed by atoms with E-state index in [2.05, 4.69) is 9.27 Å². The zero-order valence-corrected chi connectivity index (χ0v) is 20.7. The average molecular weight is 514 g/mol. The van der Waals surface area contributed by atoms with E-state index in [4.69, 9.17) is 11.6 Å². The molecule has 1 saturated heterocycles. The molecule has 0 unspecified atom stereocenters. The number of anilines is 1. The van der Waals surface area contributed by atoms with Gasteiger partial charge < -0.3 is 20.0 Å². The van der Waals surface area contributed by atoms with E-state index in [1.54, 1.807) is 12.1 Å². The minimum Gasteiger partial charge on any atom is -0.508 e. The van der Waals surface area contributed by atoms with Crippen LogP contribution in [0.3, 0.4) is 0 Å². The van der Waals surface area contributed by atoms with Crippen LogP contribution in [0.4, 0.5) is 9.39 Å². The highest BCUT2D eigenvalue weighted by Crippen LogP contribution is 2.44. The molecule has 2 N–H and O–H groups in total. The Morgan fingerprint density at radius 2 is 2.03 bits per heavy atom. The van der Waals surface area contributed by atoms with Gasteiger partial charge in [0, 0.05) is 49.7 Å². The number of carbonyl (C=O) groups is 1.